The molecule has 0 aliphatic rings. The van der Waals surface area contributed by atoms with Crippen LogP contribution in [-0.4, -0.2) is 47.8 Å². The van der Waals surface area contributed by atoms with Crippen LogP contribution in [0.4, 0.5) is 0 Å². The first kappa shape index (κ1) is 17.4. The minimum Gasteiger partial charge on any atom is -0.356 e. The molecule has 0 radical (unpaired) electrons. The van der Waals surface area contributed by atoms with Crippen molar-refractivity contribution in [3.05, 3.63) is 24.0 Å². The van der Waals surface area contributed by atoms with Gasteiger partial charge in [0.05, 0.1) is 5.69 Å². The molecule has 1 aromatic rings. The predicted molar refractivity (Wildman–Crippen MR) is 84.5 cm³/mol. The molecule has 0 saturated heterocycles. The lowest BCUT2D eigenvalue weighted by molar-refractivity contribution is -0.121. The Morgan fingerprint density at radius 2 is 2.10 bits per heavy atom. The summed E-state index contributed by atoms with van der Waals surface area (Å²) in [6.45, 7) is 8.87. The maximum Gasteiger partial charge on any atom is 0.221 e. The van der Waals surface area contributed by atoms with Crippen molar-refractivity contribution >= 4 is 12.2 Å². The van der Waals surface area contributed by atoms with Crippen LogP contribution in [-0.2, 0) is 11.3 Å². The lowest BCUT2D eigenvalue weighted by atomic mass is 10.2. The van der Waals surface area contributed by atoms with Gasteiger partial charge in [0.2, 0.25) is 5.91 Å². The van der Waals surface area contributed by atoms with E-state index in [1.165, 1.54) is 0 Å². The highest BCUT2D eigenvalue weighted by Crippen LogP contribution is 2.00. The van der Waals surface area contributed by atoms with E-state index >= 15 is 0 Å². The highest BCUT2D eigenvalue weighted by molar-refractivity contribution is 5.76. The summed E-state index contributed by atoms with van der Waals surface area (Å²) in [4.78, 5) is 24.9. The van der Waals surface area contributed by atoms with Gasteiger partial charge in [-0.1, -0.05) is 13.8 Å². The van der Waals surface area contributed by atoms with E-state index in [0.29, 0.717) is 18.7 Å². The largest absolute Gasteiger partial charge is 0.356 e. The Morgan fingerprint density at radius 1 is 1.33 bits per heavy atom. The Kier molecular flexibility index (Phi) is 8.43. The van der Waals surface area contributed by atoms with Gasteiger partial charge in [-0.05, 0) is 44.6 Å². The molecule has 1 heterocycles. The molecular formula is C16H27N3O2. The first-order valence-electron chi connectivity index (χ1n) is 7.80. The van der Waals surface area contributed by atoms with Crippen molar-refractivity contribution in [2.45, 2.75) is 39.7 Å². The van der Waals surface area contributed by atoms with Gasteiger partial charge in [0.25, 0.3) is 0 Å². The maximum absolute atomic E-state index is 11.7. The second-order valence-corrected chi connectivity index (χ2v) is 5.08. The van der Waals surface area contributed by atoms with Crippen molar-refractivity contribution in [1.29, 1.82) is 0 Å². The van der Waals surface area contributed by atoms with Crippen LogP contribution < -0.4 is 5.32 Å². The summed E-state index contributed by atoms with van der Waals surface area (Å²) < 4.78 is 1.80. The van der Waals surface area contributed by atoms with Gasteiger partial charge in [-0.25, -0.2) is 0 Å². The lowest BCUT2D eigenvalue weighted by Gasteiger charge is -2.17. The average Bonchev–Trinajstić information content (AvgIpc) is 2.96. The van der Waals surface area contributed by atoms with Crippen LogP contribution in [0.15, 0.2) is 18.3 Å². The first-order valence-corrected chi connectivity index (χ1v) is 7.80. The first-order chi connectivity index (χ1) is 10.2. The smallest absolute Gasteiger partial charge is 0.221 e. The molecule has 0 bridgehead atoms. The van der Waals surface area contributed by atoms with E-state index in [9.17, 15) is 9.59 Å². The molecule has 5 heteroatoms. The number of rotatable bonds is 11. The number of unbranched alkanes of at least 4 members (excludes halogenated alkanes) is 1. The van der Waals surface area contributed by atoms with E-state index in [4.69, 9.17) is 0 Å². The van der Waals surface area contributed by atoms with Crippen LogP contribution in [0.25, 0.3) is 0 Å². The molecule has 1 rings (SSSR count). The number of aryl methyl sites for hydroxylation is 1. The average molecular weight is 293 g/mol. The Hall–Kier alpha value is -1.62. The molecule has 118 valence electrons. The van der Waals surface area contributed by atoms with E-state index in [1.54, 1.807) is 10.6 Å². The van der Waals surface area contributed by atoms with Crippen LogP contribution in [0.5, 0.6) is 0 Å². The van der Waals surface area contributed by atoms with Crippen LogP contribution in [0.1, 0.15) is 43.6 Å². The minimum atomic E-state index is 0.0448. The maximum atomic E-state index is 11.7. The molecule has 0 atom stereocenters. The second kappa shape index (κ2) is 10.2. The van der Waals surface area contributed by atoms with Crippen molar-refractivity contribution < 1.29 is 9.59 Å². The standard InChI is InChI=1S/C16H27N3O2/c1-3-18(4-2)11-6-5-10-17-16(21)9-13-19-12-7-8-15(19)14-20/h7-8,12,14H,3-6,9-11,13H2,1-2H3,(H,17,21). The molecule has 0 aromatic carbocycles. The summed E-state index contributed by atoms with van der Waals surface area (Å²) in [5.41, 5.74) is 0.613. The van der Waals surface area contributed by atoms with Crippen LogP contribution >= 0.6 is 0 Å². The number of hydrogen-bond acceptors (Lipinski definition) is 3. The van der Waals surface area contributed by atoms with Crippen molar-refractivity contribution in [3.8, 4) is 0 Å². The molecule has 5 nitrogen and oxygen atoms in total. The van der Waals surface area contributed by atoms with E-state index in [1.807, 2.05) is 12.3 Å². The summed E-state index contributed by atoms with van der Waals surface area (Å²) >= 11 is 0. The van der Waals surface area contributed by atoms with Gasteiger partial charge in [-0.2, -0.15) is 0 Å². The van der Waals surface area contributed by atoms with Crippen LogP contribution in [0.2, 0.25) is 0 Å². The normalized spacial score (nSPS) is 10.8. The molecule has 1 N–H and O–H groups in total. The number of carbonyl (C=O) groups is 2. The molecule has 1 aromatic heterocycles. The second-order valence-electron chi connectivity index (χ2n) is 5.08. The van der Waals surface area contributed by atoms with Crippen LogP contribution in [0, 0.1) is 0 Å². The molecule has 0 spiro atoms. The molecule has 21 heavy (non-hydrogen) atoms. The number of carbonyl (C=O) groups excluding carboxylic acids is 2. The zero-order valence-electron chi connectivity index (χ0n) is 13.2. The SMILES string of the molecule is CCN(CC)CCCCNC(=O)CCn1cccc1C=O. The quantitative estimate of drug-likeness (QED) is 0.501. The fraction of sp³-hybridized carbons (Fsp3) is 0.625. The summed E-state index contributed by atoms with van der Waals surface area (Å²) in [5, 5.41) is 2.93. The molecule has 0 saturated carbocycles. The molecule has 0 fully saturated rings. The van der Waals surface area contributed by atoms with Gasteiger partial charge in [-0.15, -0.1) is 0 Å². The Labute approximate surface area is 127 Å². The van der Waals surface area contributed by atoms with Crippen molar-refractivity contribution in [2.24, 2.45) is 0 Å². The molecule has 1 amide bonds. The van der Waals surface area contributed by atoms with Crippen molar-refractivity contribution in [1.82, 2.24) is 14.8 Å². The van der Waals surface area contributed by atoms with Gasteiger partial charge >= 0.3 is 0 Å². The molecular weight excluding hydrogens is 266 g/mol. The third kappa shape index (κ3) is 6.58. The Morgan fingerprint density at radius 3 is 2.76 bits per heavy atom. The lowest BCUT2D eigenvalue weighted by Crippen LogP contribution is -2.27. The summed E-state index contributed by atoms with van der Waals surface area (Å²) in [5.74, 6) is 0.0448. The van der Waals surface area contributed by atoms with E-state index in [-0.39, 0.29) is 5.91 Å². The number of amides is 1. The highest BCUT2D eigenvalue weighted by Gasteiger charge is 2.04. The Balaban J connectivity index is 2.10. The third-order valence-corrected chi connectivity index (χ3v) is 3.68. The monoisotopic (exact) mass is 293 g/mol. The van der Waals surface area contributed by atoms with Crippen LogP contribution in [0.3, 0.4) is 0 Å². The van der Waals surface area contributed by atoms with Gasteiger partial charge < -0.3 is 14.8 Å². The summed E-state index contributed by atoms with van der Waals surface area (Å²) in [6.07, 6.45) is 5.15. The van der Waals surface area contributed by atoms with Crippen molar-refractivity contribution in [2.75, 3.05) is 26.2 Å². The fourth-order valence-electron chi connectivity index (χ4n) is 2.28. The van der Waals surface area contributed by atoms with E-state index in [0.717, 1.165) is 45.3 Å². The zero-order chi connectivity index (χ0) is 15.5. The number of nitrogens with zero attached hydrogens (tertiary/aromatic N) is 2. The Bertz CT molecular complexity index is 425. The number of aldehydes is 1. The van der Waals surface area contributed by atoms with E-state index < -0.39 is 0 Å². The topological polar surface area (TPSA) is 54.3 Å². The van der Waals surface area contributed by atoms with Gasteiger partial charge in [-0.3, -0.25) is 9.59 Å². The zero-order valence-corrected chi connectivity index (χ0v) is 13.2. The van der Waals surface area contributed by atoms with Gasteiger partial charge in [0, 0.05) is 25.7 Å². The summed E-state index contributed by atoms with van der Waals surface area (Å²) in [6, 6.07) is 3.56. The summed E-state index contributed by atoms with van der Waals surface area (Å²) in [7, 11) is 0. The minimum absolute atomic E-state index is 0.0448. The number of nitrogens with one attached hydrogen (secondary N) is 1. The third-order valence-electron chi connectivity index (χ3n) is 3.68. The molecule has 0 unspecified atom stereocenters. The van der Waals surface area contributed by atoms with Crippen molar-refractivity contribution in [3.63, 3.8) is 0 Å². The molecule has 0 aliphatic carbocycles. The fourth-order valence-corrected chi connectivity index (χ4v) is 2.28. The van der Waals surface area contributed by atoms with E-state index in [2.05, 4.69) is 24.1 Å². The number of hydrogen-bond donors (Lipinski definition) is 1. The number of aromatic nitrogens is 1. The van der Waals surface area contributed by atoms with Gasteiger partial charge in [0.1, 0.15) is 0 Å². The molecule has 0 aliphatic heterocycles. The predicted octanol–water partition coefficient (Wildman–Crippen LogP) is 1.93. The highest BCUT2D eigenvalue weighted by atomic mass is 16.1. The van der Waals surface area contributed by atoms with Gasteiger partial charge in [0.15, 0.2) is 6.29 Å².